The maximum absolute atomic E-state index is 12.7. The molecule has 1 aromatic carbocycles. The van der Waals surface area contributed by atoms with Crippen molar-refractivity contribution in [2.75, 3.05) is 13.2 Å². The Kier molecular flexibility index (Phi) is 5.41. The molecular weight excluding hydrogens is 356 g/mol. The van der Waals surface area contributed by atoms with Gasteiger partial charge in [0, 0.05) is 30.1 Å². The first-order valence-electron chi connectivity index (χ1n) is 7.79. The number of carbonyl (C=O) groups excluding carboxylic acids is 1. The average Bonchev–Trinajstić information content (AvgIpc) is 2.61. The van der Waals surface area contributed by atoms with Crippen molar-refractivity contribution in [1.82, 2.24) is 10.3 Å². The van der Waals surface area contributed by atoms with Crippen molar-refractivity contribution in [2.24, 2.45) is 5.92 Å². The molecule has 1 aromatic heterocycles. The molecule has 1 saturated heterocycles. The van der Waals surface area contributed by atoms with Crippen LogP contribution in [-0.2, 0) is 4.74 Å². The van der Waals surface area contributed by atoms with E-state index in [1.54, 1.807) is 6.20 Å². The molecule has 2 heterocycles. The van der Waals surface area contributed by atoms with Gasteiger partial charge in [-0.05, 0) is 58.5 Å². The number of nitrogens with zero attached hydrogens (tertiary/aromatic N) is 1. The third-order valence-electron chi connectivity index (χ3n) is 4.19. The zero-order chi connectivity index (χ0) is 16.1. The highest BCUT2D eigenvalue weighted by atomic mass is 79.9. The quantitative estimate of drug-likeness (QED) is 0.886. The van der Waals surface area contributed by atoms with Crippen LogP contribution in [0.15, 0.2) is 53.3 Å². The number of rotatable bonds is 4. The van der Waals surface area contributed by atoms with E-state index in [2.05, 4.69) is 26.2 Å². The molecule has 4 nitrogen and oxygen atoms in total. The van der Waals surface area contributed by atoms with E-state index in [0.717, 1.165) is 36.1 Å². The summed E-state index contributed by atoms with van der Waals surface area (Å²) in [5.74, 6) is 0.289. The maximum atomic E-state index is 12.7. The molecule has 0 unspecified atom stereocenters. The van der Waals surface area contributed by atoms with Crippen molar-refractivity contribution in [1.29, 1.82) is 0 Å². The van der Waals surface area contributed by atoms with E-state index in [4.69, 9.17) is 4.74 Å². The maximum Gasteiger partial charge on any atom is 0.252 e. The number of ether oxygens (including phenoxy) is 1. The van der Waals surface area contributed by atoms with Crippen LogP contribution in [0.1, 0.15) is 34.8 Å². The summed E-state index contributed by atoms with van der Waals surface area (Å²) in [6.07, 6.45) is 5.46. The zero-order valence-electron chi connectivity index (χ0n) is 12.7. The second-order valence-corrected chi connectivity index (χ2v) is 6.52. The molecule has 1 aliphatic rings. The van der Waals surface area contributed by atoms with Crippen LogP contribution in [0.2, 0.25) is 0 Å². The summed E-state index contributed by atoms with van der Waals surface area (Å²) in [4.78, 5) is 16.9. The fourth-order valence-corrected chi connectivity index (χ4v) is 3.41. The topological polar surface area (TPSA) is 51.2 Å². The Balaban J connectivity index is 1.84. The summed E-state index contributed by atoms with van der Waals surface area (Å²) in [7, 11) is 0. The Labute approximate surface area is 144 Å². The van der Waals surface area contributed by atoms with E-state index < -0.39 is 0 Å². The van der Waals surface area contributed by atoms with Gasteiger partial charge in [-0.25, -0.2) is 0 Å². The van der Waals surface area contributed by atoms with Gasteiger partial charge in [-0.3, -0.25) is 9.78 Å². The van der Waals surface area contributed by atoms with E-state index in [-0.39, 0.29) is 11.9 Å². The van der Waals surface area contributed by atoms with Gasteiger partial charge in [0.1, 0.15) is 0 Å². The van der Waals surface area contributed by atoms with Gasteiger partial charge in [-0.15, -0.1) is 0 Å². The van der Waals surface area contributed by atoms with Crippen molar-refractivity contribution in [3.8, 4) is 0 Å². The molecule has 5 heteroatoms. The third-order valence-corrected chi connectivity index (χ3v) is 4.88. The van der Waals surface area contributed by atoms with E-state index in [1.165, 1.54) is 0 Å². The van der Waals surface area contributed by atoms with Gasteiger partial charge in [0.05, 0.1) is 11.6 Å². The molecule has 0 saturated carbocycles. The van der Waals surface area contributed by atoms with Crippen molar-refractivity contribution >= 4 is 21.8 Å². The first-order valence-corrected chi connectivity index (χ1v) is 8.58. The molecule has 1 fully saturated rings. The number of nitrogens with one attached hydrogen (secondary N) is 1. The summed E-state index contributed by atoms with van der Waals surface area (Å²) in [5.41, 5.74) is 1.69. The standard InChI is InChI=1S/C18H19BrN2O2/c19-16-6-2-1-5-15(16)18(22)21-17(13-7-10-23-11-8-13)14-4-3-9-20-12-14/h1-6,9,12-13,17H,7-8,10-11H2,(H,21,22)/t17-/m0/s1. The van der Waals surface area contributed by atoms with Crippen LogP contribution in [-0.4, -0.2) is 24.1 Å². The minimum atomic E-state index is -0.0715. The van der Waals surface area contributed by atoms with Crippen LogP contribution in [0.3, 0.4) is 0 Å². The van der Waals surface area contributed by atoms with E-state index in [9.17, 15) is 4.79 Å². The molecule has 3 rings (SSSR count). The third kappa shape index (κ3) is 3.98. The minimum absolute atomic E-state index is 0.0489. The highest BCUT2D eigenvalue weighted by Gasteiger charge is 2.27. The fourth-order valence-electron chi connectivity index (χ4n) is 2.95. The van der Waals surface area contributed by atoms with Crippen LogP contribution < -0.4 is 5.32 Å². The van der Waals surface area contributed by atoms with Gasteiger partial charge in [-0.2, -0.15) is 0 Å². The number of aromatic nitrogens is 1. The molecule has 23 heavy (non-hydrogen) atoms. The van der Waals surface area contributed by atoms with Gasteiger partial charge in [0.25, 0.3) is 5.91 Å². The highest BCUT2D eigenvalue weighted by molar-refractivity contribution is 9.10. The molecule has 1 amide bonds. The fraction of sp³-hybridized carbons (Fsp3) is 0.333. The monoisotopic (exact) mass is 374 g/mol. The minimum Gasteiger partial charge on any atom is -0.381 e. The second-order valence-electron chi connectivity index (χ2n) is 5.67. The lowest BCUT2D eigenvalue weighted by atomic mass is 9.87. The smallest absolute Gasteiger partial charge is 0.252 e. The molecule has 0 bridgehead atoms. The SMILES string of the molecule is O=C(N[C@H](c1cccnc1)C1CCOCC1)c1ccccc1Br. The normalized spacial score (nSPS) is 16.7. The Morgan fingerprint density at radius 1 is 1.22 bits per heavy atom. The molecule has 1 aliphatic heterocycles. The highest BCUT2D eigenvalue weighted by Crippen LogP contribution is 2.30. The lowest BCUT2D eigenvalue weighted by Gasteiger charge is -2.31. The van der Waals surface area contributed by atoms with Crippen molar-refractivity contribution in [3.05, 3.63) is 64.4 Å². The first-order chi connectivity index (χ1) is 11.3. The first kappa shape index (κ1) is 16.1. The average molecular weight is 375 g/mol. The number of hydrogen-bond donors (Lipinski definition) is 1. The van der Waals surface area contributed by atoms with Crippen molar-refractivity contribution < 1.29 is 9.53 Å². The Hall–Kier alpha value is -1.72. The number of amides is 1. The lowest BCUT2D eigenvalue weighted by Crippen LogP contribution is -2.36. The molecule has 1 atom stereocenters. The van der Waals surface area contributed by atoms with Gasteiger partial charge in [-0.1, -0.05) is 18.2 Å². The van der Waals surface area contributed by atoms with Gasteiger partial charge >= 0.3 is 0 Å². The van der Waals surface area contributed by atoms with Gasteiger partial charge in [0.15, 0.2) is 0 Å². The number of benzene rings is 1. The second kappa shape index (κ2) is 7.70. The molecule has 2 aromatic rings. The van der Waals surface area contributed by atoms with Crippen LogP contribution in [0.5, 0.6) is 0 Å². The zero-order valence-corrected chi connectivity index (χ0v) is 14.3. The van der Waals surface area contributed by atoms with Gasteiger partial charge < -0.3 is 10.1 Å². The molecule has 1 N–H and O–H groups in total. The Morgan fingerprint density at radius 2 is 2.00 bits per heavy atom. The Bertz CT molecular complexity index is 657. The number of pyridine rings is 1. The lowest BCUT2D eigenvalue weighted by molar-refractivity contribution is 0.0513. The predicted molar refractivity (Wildman–Crippen MR) is 92.1 cm³/mol. The molecule has 0 radical (unpaired) electrons. The molecule has 0 spiro atoms. The van der Waals surface area contributed by atoms with Crippen LogP contribution in [0, 0.1) is 5.92 Å². The van der Waals surface area contributed by atoms with E-state index in [0.29, 0.717) is 11.5 Å². The van der Waals surface area contributed by atoms with E-state index >= 15 is 0 Å². The Morgan fingerprint density at radius 3 is 2.70 bits per heavy atom. The predicted octanol–water partition coefficient (Wildman–Crippen LogP) is 3.74. The molecular formula is C18H19BrN2O2. The number of carbonyl (C=O) groups is 1. The summed E-state index contributed by atoms with van der Waals surface area (Å²) >= 11 is 3.45. The van der Waals surface area contributed by atoms with Crippen molar-refractivity contribution in [3.63, 3.8) is 0 Å². The van der Waals surface area contributed by atoms with Crippen molar-refractivity contribution in [2.45, 2.75) is 18.9 Å². The number of hydrogen-bond acceptors (Lipinski definition) is 3. The summed E-state index contributed by atoms with van der Waals surface area (Å²) in [6, 6.07) is 11.4. The van der Waals surface area contributed by atoms with Crippen LogP contribution >= 0.6 is 15.9 Å². The van der Waals surface area contributed by atoms with E-state index in [1.807, 2.05) is 42.6 Å². The summed E-state index contributed by atoms with van der Waals surface area (Å²) in [6.45, 7) is 1.48. The summed E-state index contributed by atoms with van der Waals surface area (Å²) < 4.78 is 6.26. The summed E-state index contributed by atoms with van der Waals surface area (Å²) in [5, 5.41) is 3.20. The number of halogens is 1. The molecule has 120 valence electrons. The molecule has 0 aliphatic carbocycles. The van der Waals surface area contributed by atoms with Crippen LogP contribution in [0.25, 0.3) is 0 Å². The largest absolute Gasteiger partial charge is 0.381 e. The van der Waals surface area contributed by atoms with Crippen LogP contribution in [0.4, 0.5) is 0 Å². The van der Waals surface area contributed by atoms with Gasteiger partial charge in [0.2, 0.25) is 0 Å².